The summed E-state index contributed by atoms with van der Waals surface area (Å²) >= 11 is 3.53. The highest BCUT2D eigenvalue weighted by Crippen LogP contribution is 2.37. The highest BCUT2D eigenvalue weighted by Gasteiger charge is 2.21. The molecule has 0 saturated carbocycles. The molecule has 1 aliphatic carbocycles. The molecule has 1 aliphatic rings. The van der Waals surface area contributed by atoms with Crippen molar-refractivity contribution in [1.82, 2.24) is 0 Å². The van der Waals surface area contributed by atoms with Gasteiger partial charge in [-0.1, -0.05) is 15.9 Å². The minimum absolute atomic E-state index is 0.182. The summed E-state index contributed by atoms with van der Waals surface area (Å²) in [5.74, 6) is 0.878. The normalized spacial score (nSPS) is 20.1. The summed E-state index contributed by atoms with van der Waals surface area (Å²) in [6, 6.07) is 4.22. The van der Waals surface area contributed by atoms with E-state index in [1.807, 2.05) is 12.1 Å². The van der Waals surface area contributed by atoms with Gasteiger partial charge in [-0.25, -0.2) is 0 Å². The van der Waals surface area contributed by atoms with Crippen LogP contribution in [0.25, 0.3) is 0 Å². The zero-order chi connectivity index (χ0) is 9.42. The second-order valence-corrected chi connectivity index (χ2v) is 4.18. The minimum Gasteiger partial charge on any atom is -0.497 e. The Labute approximate surface area is 86.2 Å². The molecule has 13 heavy (non-hydrogen) atoms. The summed E-state index contributed by atoms with van der Waals surface area (Å²) in [7, 11) is 1.68. The maximum absolute atomic E-state index is 5.96. The molecule has 2 rings (SSSR count). The van der Waals surface area contributed by atoms with Crippen molar-refractivity contribution in [2.75, 3.05) is 7.11 Å². The molecule has 0 heterocycles. The third-order valence-corrected chi connectivity index (χ3v) is 3.25. The van der Waals surface area contributed by atoms with Crippen LogP contribution in [0.15, 0.2) is 16.6 Å². The molecule has 0 aliphatic heterocycles. The summed E-state index contributed by atoms with van der Waals surface area (Å²) < 4.78 is 6.30. The molecule has 0 saturated heterocycles. The van der Waals surface area contributed by atoms with Crippen LogP contribution in [0.3, 0.4) is 0 Å². The fourth-order valence-electron chi connectivity index (χ4n) is 1.80. The summed E-state index contributed by atoms with van der Waals surface area (Å²) in [6.07, 6.45) is 2.11. The highest BCUT2D eigenvalue weighted by molar-refractivity contribution is 9.10. The van der Waals surface area contributed by atoms with Gasteiger partial charge in [-0.05, 0) is 36.1 Å². The van der Waals surface area contributed by atoms with Gasteiger partial charge in [0.2, 0.25) is 0 Å². The first-order valence-corrected chi connectivity index (χ1v) is 5.13. The minimum atomic E-state index is 0.182. The zero-order valence-corrected chi connectivity index (χ0v) is 9.10. The molecule has 0 radical (unpaired) electrons. The van der Waals surface area contributed by atoms with Gasteiger partial charge in [-0.15, -0.1) is 0 Å². The third kappa shape index (κ3) is 1.46. The quantitative estimate of drug-likeness (QED) is 0.820. The number of fused-ring (bicyclic) bond motifs is 1. The fourth-order valence-corrected chi connectivity index (χ4v) is 2.45. The molecule has 2 nitrogen and oxygen atoms in total. The molecule has 3 heteroatoms. The van der Waals surface area contributed by atoms with Crippen LogP contribution in [-0.4, -0.2) is 7.11 Å². The molecule has 0 bridgehead atoms. The Hall–Kier alpha value is -0.540. The van der Waals surface area contributed by atoms with Crippen molar-refractivity contribution in [2.24, 2.45) is 5.73 Å². The first kappa shape index (κ1) is 9.03. The third-order valence-electron chi connectivity index (χ3n) is 2.54. The Morgan fingerprint density at radius 2 is 2.31 bits per heavy atom. The van der Waals surface area contributed by atoms with Crippen LogP contribution in [-0.2, 0) is 6.42 Å². The smallest absolute Gasteiger partial charge is 0.120 e. The Morgan fingerprint density at radius 1 is 1.54 bits per heavy atom. The number of methoxy groups -OCH3 is 1. The average molecular weight is 242 g/mol. The first-order chi connectivity index (χ1) is 6.22. The molecule has 1 atom stereocenters. The molecule has 0 spiro atoms. The van der Waals surface area contributed by atoms with Crippen molar-refractivity contribution >= 4 is 15.9 Å². The van der Waals surface area contributed by atoms with Crippen molar-refractivity contribution in [3.05, 3.63) is 27.7 Å². The number of benzene rings is 1. The van der Waals surface area contributed by atoms with E-state index in [1.165, 1.54) is 11.1 Å². The van der Waals surface area contributed by atoms with Crippen LogP contribution >= 0.6 is 15.9 Å². The van der Waals surface area contributed by atoms with E-state index >= 15 is 0 Å². The van der Waals surface area contributed by atoms with Gasteiger partial charge in [0.05, 0.1) is 7.11 Å². The van der Waals surface area contributed by atoms with Crippen molar-refractivity contribution in [1.29, 1.82) is 0 Å². The topological polar surface area (TPSA) is 35.2 Å². The van der Waals surface area contributed by atoms with Crippen LogP contribution in [0, 0.1) is 0 Å². The van der Waals surface area contributed by atoms with E-state index in [-0.39, 0.29) is 6.04 Å². The monoisotopic (exact) mass is 241 g/mol. The van der Waals surface area contributed by atoms with E-state index in [1.54, 1.807) is 7.11 Å². The highest BCUT2D eigenvalue weighted by atomic mass is 79.9. The fraction of sp³-hybridized carbons (Fsp3) is 0.400. The molecule has 1 aromatic carbocycles. The number of ether oxygens (including phenoxy) is 1. The van der Waals surface area contributed by atoms with Gasteiger partial charge < -0.3 is 10.5 Å². The lowest BCUT2D eigenvalue weighted by molar-refractivity contribution is 0.413. The van der Waals surface area contributed by atoms with Crippen LogP contribution in [0.2, 0.25) is 0 Å². The van der Waals surface area contributed by atoms with Crippen molar-refractivity contribution in [3.63, 3.8) is 0 Å². The molecular weight excluding hydrogens is 230 g/mol. The summed E-state index contributed by atoms with van der Waals surface area (Å²) in [4.78, 5) is 0. The predicted molar refractivity (Wildman–Crippen MR) is 55.9 cm³/mol. The van der Waals surface area contributed by atoms with Gasteiger partial charge in [0.15, 0.2) is 0 Å². The van der Waals surface area contributed by atoms with Gasteiger partial charge in [-0.3, -0.25) is 0 Å². The predicted octanol–water partition coefficient (Wildman–Crippen LogP) is 2.40. The molecule has 1 aromatic rings. The molecular formula is C10H12BrNO. The Balaban J connectivity index is 2.53. The summed E-state index contributed by atoms with van der Waals surface area (Å²) in [5, 5.41) is 0. The number of hydrogen-bond donors (Lipinski definition) is 1. The Bertz CT molecular complexity index is 338. The van der Waals surface area contributed by atoms with Crippen molar-refractivity contribution in [3.8, 4) is 5.75 Å². The largest absolute Gasteiger partial charge is 0.497 e. The van der Waals surface area contributed by atoms with Gasteiger partial charge in [0.1, 0.15) is 5.75 Å². The van der Waals surface area contributed by atoms with Gasteiger partial charge in [0.25, 0.3) is 0 Å². The van der Waals surface area contributed by atoms with Gasteiger partial charge in [-0.2, -0.15) is 0 Å². The number of rotatable bonds is 1. The number of hydrogen-bond acceptors (Lipinski definition) is 2. The maximum Gasteiger partial charge on any atom is 0.120 e. The van der Waals surface area contributed by atoms with E-state index in [4.69, 9.17) is 10.5 Å². The molecule has 70 valence electrons. The maximum atomic E-state index is 5.96. The SMILES string of the molecule is COc1cc(Br)c2c(c1)C(N)CC2. The second-order valence-electron chi connectivity index (χ2n) is 3.32. The molecule has 0 aromatic heterocycles. The standard InChI is InChI=1S/C10H12BrNO/c1-13-6-4-8-7(9(11)5-6)2-3-10(8)12/h4-5,10H,2-3,12H2,1H3. The molecule has 0 fully saturated rings. The summed E-state index contributed by atoms with van der Waals surface area (Å²) in [6.45, 7) is 0. The molecule has 0 amide bonds. The van der Waals surface area contributed by atoms with Crippen LogP contribution in [0.1, 0.15) is 23.6 Å². The van der Waals surface area contributed by atoms with E-state index in [0.717, 1.165) is 23.1 Å². The lowest BCUT2D eigenvalue weighted by Gasteiger charge is -2.08. The van der Waals surface area contributed by atoms with Gasteiger partial charge in [0, 0.05) is 10.5 Å². The van der Waals surface area contributed by atoms with Crippen molar-refractivity contribution in [2.45, 2.75) is 18.9 Å². The molecule has 2 N–H and O–H groups in total. The van der Waals surface area contributed by atoms with Crippen LogP contribution in [0.5, 0.6) is 5.75 Å². The number of halogens is 1. The zero-order valence-electron chi connectivity index (χ0n) is 7.51. The van der Waals surface area contributed by atoms with Crippen molar-refractivity contribution < 1.29 is 4.74 Å². The first-order valence-electron chi connectivity index (χ1n) is 4.34. The average Bonchev–Trinajstić information content (AvgIpc) is 2.48. The lowest BCUT2D eigenvalue weighted by atomic mass is 10.1. The second kappa shape index (κ2) is 3.31. The Kier molecular flexibility index (Phi) is 2.30. The number of nitrogens with two attached hydrogens (primary N) is 1. The van der Waals surface area contributed by atoms with Crippen LogP contribution in [0.4, 0.5) is 0 Å². The van der Waals surface area contributed by atoms with Gasteiger partial charge >= 0.3 is 0 Å². The molecule has 1 unspecified atom stereocenters. The Morgan fingerprint density at radius 3 is 3.00 bits per heavy atom. The van der Waals surface area contributed by atoms with E-state index in [0.29, 0.717) is 0 Å². The van der Waals surface area contributed by atoms with E-state index < -0.39 is 0 Å². The summed E-state index contributed by atoms with van der Waals surface area (Å²) in [5.41, 5.74) is 8.53. The lowest BCUT2D eigenvalue weighted by Crippen LogP contribution is -2.05. The van der Waals surface area contributed by atoms with E-state index in [9.17, 15) is 0 Å². The van der Waals surface area contributed by atoms with Crippen LogP contribution < -0.4 is 10.5 Å². The van der Waals surface area contributed by atoms with E-state index in [2.05, 4.69) is 15.9 Å².